The van der Waals surface area contributed by atoms with Gasteiger partial charge in [-0.15, -0.1) is 0 Å². The molecular weight excluding hydrogens is 398 g/mol. The smallest absolute Gasteiger partial charge is 0.379 e. The number of esters is 2. The standard InChI is InChI=1S/C23H22N3O5/c1-29-21(27)16-17(22(28)30-2)23(31-20(16)26-12-4-3-5-13-26)18-14(8-6-10-24-18)15-9-7-11-25-19(15)23/h6-11H,3-5,12-13H2,1-2H3/q+1. The van der Waals surface area contributed by atoms with Gasteiger partial charge in [0.25, 0.3) is 0 Å². The van der Waals surface area contributed by atoms with Crippen LogP contribution in [0, 0.1) is 0 Å². The summed E-state index contributed by atoms with van der Waals surface area (Å²) in [5.41, 5.74) is 1.28. The Morgan fingerprint density at radius 1 is 0.935 bits per heavy atom. The minimum atomic E-state index is -1.48. The van der Waals surface area contributed by atoms with E-state index >= 15 is 0 Å². The number of methoxy groups -OCH3 is 2. The van der Waals surface area contributed by atoms with Gasteiger partial charge < -0.3 is 14.2 Å². The zero-order valence-electron chi connectivity index (χ0n) is 17.4. The van der Waals surface area contributed by atoms with Crippen molar-refractivity contribution in [2.24, 2.45) is 0 Å². The first-order valence-electron chi connectivity index (χ1n) is 10.3. The number of hydrogen-bond donors (Lipinski definition) is 0. The fraction of sp³-hybridized carbons (Fsp3) is 0.348. The van der Waals surface area contributed by atoms with E-state index < -0.39 is 17.5 Å². The highest BCUT2D eigenvalue weighted by atomic mass is 16.6. The van der Waals surface area contributed by atoms with E-state index in [2.05, 4.69) is 9.97 Å². The number of rotatable bonds is 2. The molecule has 3 aliphatic rings. The summed E-state index contributed by atoms with van der Waals surface area (Å²) < 4.78 is 18.8. The van der Waals surface area contributed by atoms with Gasteiger partial charge in [0, 0.05) is 36.4 Å². The fourth-order valence-corrected chi connectivity index (χ4v) is 4.74. The first-order chi connectivity index (χ1) is 15.1. The third-order valence-corrected chi connectivity index (χ3v) is 6.06. The van der Waals surface area contributed by atoms with Gasteiger partial charge in [-0.2, -0.15) is 4.58 Å². The van der Waals surface area contributed by atoms with Gasteiger partial charge >= 0.3 is 17.8 Å². The maximum Gasteiger partial charge on any atom is 0.379 e. The van der Waals surface area contributed by atoms with E-state index in [-0.39, 0.29) is 11.1 Å². The van der Waals surface area contributed by atoms with Gasteiger partial charge in [-0.05, 0) is 18.6 Å². The lowest BCUT2D eigenvalue weighted by molar-refractivity contribution is -0.545. The number of ether oxygens (including phenoxy) is 3. The van der Waals surface area contributed by atoms with Gasteiger partial charge in [0.15, 0.2) is 5.57 Å². The number of piperidine rings is 1. The average molecular weight is 420 g/mol. The molecule has 0 bridgehead atoms. The highest BCUT2D eigenvalue weighted by Crippen LogP contribution is 2.55. The van der Waals surface area contributed by atoms with Crippen molar-refractivity contribution in [1.82, 2.24) is 9.97 Å². The summed E-state index contributed by atoms with van der Waals surface area (Å²) in [5.74, 6) is -1.01. The van der Waals surface area contributed by atoms with Crippen LogP contribution in [0.15, 0.2) is 47.8 Å². The fourth-order valence-electron chi connectivity index (χ4n) is 4.74. The lowest BCUT2D eigenvalue weighted by Crippen LogP contribution is -2.36. The molecule has 1 fully saturated rings. The quantitative estimate of drug-likeness (QED) is 0.542. The van der Waals surface area contributed by atoms with E-state index in [0.29, 0.717) is 30.4 Å². The van der Waals surface area contributed by atoms with Crippen molar-refractivity contribution >= 4 is 17.8 Å². The van der Waals surface area contributed by atoms with Gasteiger partial charge in [0.1, 0.15) is 30.1 Å². The molecular formula is C23H22N3O5+. The summed E-state index contributed by atoms with van der Waals surface area (Å²) in [4.78, 5) is 35.4. The molecule has 0 aromatic carbocycles. The lowest BCUT2D eigenvalue weighted by Gasteiger charge is -2.25. The third-order valence-electron chi connectivity index (χ3n) is 6.06. The molecule has 0 N–H and O–H groups in total. The molecule has 0 saturated carbocycles. The summed E-state index contributed by atoms with van der Waals surface area (Å²) in [7, 11) is 2.57. The number of fused-ring (bicyclic) bond motifs is 5. The van der Waals surface area contributed by atoms with Crippen LogP contribution < -0.4 is 0 Å². The molecule has 0 amide bonds. The molecule has 2 aromatic heterocycles. The number of hydrogen-bond acceptors (Lipinski definition) is 7. The van der Waals surface area contributed by atoms with Crippen LogP contribution in [0.5, 0.6) is 0 Å². The van der Waals surface area contributed by atoms with Crippen molar-refractivity contribution in [3.8, 4) is 11.1 Å². The molecule has 0 atom stereocenters. The second-order valence-electron chi connectivity index (χ2n) is 7.67. The molecule has 8 nitrogen and oxygen atoms in total. The number of carbonyl (C=O) groups is 2. The first-order valence-corrected chi connectivity index (χ1v) is 10.3. The Bertz CT molecular complexity index is 1110. The van der Waals surface area contributed by atoms with Crippen molar-refractivity contribution in [2.75, 3.05) is 27.3 Å². The molecule has 5 rings (SSSR count). The summed E-state index contributed by atoms with van der Waals surface area (Å²) in [6.45, 7) is 1.43. The van der Waals surface area contributed by atoms with E-state index in [1.807, 2.05) is 28.8 Å². The molecule has 1 aliphatic carbocycles. The summed E-state index contributed by atoms with van der Waals surface area (Å²) in [6.07, 6.45) is 6.31. The normalized spacial score (nSPS) is 18.5. The molecule has 0 radical (unpaired) electrons. The molecule has 158 valence electrons. The molecule has 1 spiro atoms. The Hall–Kier alpha value is -3.55. The van der Waals surface area contributed by atoms with Crippen LogP contribution in [-0.4, -0.2) is 59.7 Å². The topological polar surface area (TPSA) is 90.6 Å². The van der Waals surface area contributed by atoms with Crippen LogP contribution >= 0.6 is 0 Å². The van der Waals surface area contributed by atoms with E-state index in [9.17, 15) is 9.59 Å². The zero-order chi connectivity index (χ0) is 21.6. The van der Waals surface area contributed by atoms with Crippen LogP contribution in [0.3, 0.4) is 0 Å². The third kappa shape index (κ3) is 2.64. The van der Waals surface area contributed by atoms with Gasteiger partial charge in [0.2, 0.25) is 5.60 Å². The van der Waals surface area contributed by atoms with Crippen molar-refractivity contribution in [2.45, 2.75) is 24.9 Å². The Labute approximate surface area is 179 Å². The van der Waals surface area contributed by atoms with Gasteiger partial charge in [-0.25, -0.2) is 9.59 Å². The average Bonchev–Trinajstić information content (AvgIpc) is 3.33. The maximum absolute atomic E-state index is 13.2. The van der Waals surface area contributed by atoms with E-state index in [1.165, 1.54) is 14.2 Å². The summed E-state index contributed by atoms with van der Waals surface area (Å²) in [5, 5.41) is 0. The highest BCUT2D eigenvalue weighted by molar-refractivity contribution is 6.23. The molecule has 4 heterocycles. The second kappa shape index (κ2) is 7.30. The van der Waals surface area contributed by atoms with Crippen molar-refractivity contribution in [3.05, 3.63) is 59.2 Å². The predicted octanol–water partition coefficient (Wildman–Crippen LogP) is 1.97. The number of nitrogens with zero attached hydrogens (tertiary/aromatic N) is 3. The second-order valence-corrected chi connectivity index (χ2v) is 7.67. The van der Waals surface area contributed by atoms with E-state index in [4.69, 9.17) is 14.2 Å². The molecule has 0 unspecified atom stereocenters. The van der Waals surface area contributed by atoms with Crippen molar-refractivity contribution in [1.29, 1.82) is 0 Å². The van der Waals surface area contributed by atoms with E-state index in [0.717, 1.165) is 30.4 Å². The number of aromatic nitrogens is 2. The van der Waals surface area contributed by atoms with Gasteiger partial charge in [0.05, 0.1) is 14.2 Å². The van der Waals surface area contributed by atoms with Gasteiger partial charge in [-0.1, -0.05) is 12.1 Å². The lowest BCUT2D eigenvalue weighted by atomic mass is 9.88. The van der Waals surface area contributed by atoms with E-state index in [1.54, 1.807) is 12.4 Å². The predicted molar refractivity (Wildman–Crippen MR) is 109 cm³/mol. The molecule has 2 aliphatic heterocycles. The summed E-state index contributed by atoms with van der Waals surface area (Å²) >= 11 is 0. The Balaban J connectivity index is 1.89. The zero-order valence-corrected chi connectivity index (χ0v) is 17.4. The summed E-state index contributed by atoms with van der Waals surface area (Å²) in [6, 6.07) is 7.46. The van der Waals surface area contributed by atoms with Crippen molar-refractivity contribution < 1.29 is 28.4 Å². The van der Waals surface area contributed by atoms with Crippen LogP contribution in [0.4, 0.5) is 0 Å². The first kappa shape index (κ1) is 19.4. The minimum Gasteiger partial charge on any atom is -0.465 e. The van der Waals surface area contributed by atoms with Crippen LogP contribution in [0.25, 0.3) is 11.1 Å². The van der Waals surface area contributed by atoms with Crippen molar-refractivity contribution in [3.63, 3.8) is 0 Å². The molecule has 1 saturated heterocycles. The highest BCUT2D eigenvalue weighted by Gasteiger charge is 2.63. The Morgan fingerprint density at radius 2 is 1.52 bits per heavy atom. The van der Waals surface area contributed by atoms with Crippen LogP contribution in [0.1, 0.15) is 30.7 Å². The molecule has 8 heteroatoms. The largest absolute Gasteiger partial charge is 0.465 e. The number of pyridine rings is 2. The van der Waals surface area contributed by atoms with Crippen LogP contribution in [-0.2, 0) is 29.4 Å². The maximum atomic E-state index is 13.2. The SMILES string of the molecule is COC(=O)C1=C(C(=O)OC)C2(OC1=[N+]1CCCCC1)c1ncccc1-c1cccnc12. The number of carbonyl (C=O) groups excluding carboxylic acids is 2. The molecule has 31 heavy (non-hydrogen) atoms. The van der Waals surface area contributed by atoms with Crippen LogP contribution in [0.2, 0.25) is 0 Å². The Morgan fingerprint density at radius 3 is 2.06 bits per heavy atom. The minimum absolute atomic E-state index is 0.0554. The molecule has 2 aromatic rings. The van der Waals surface area contributed by atoms with Gasteiger partial charge in [-0.3, -0.25) is 9.97 Å². The monoisotopic (exact) mass is 420 g/mol. The Kier molecular flexibility index (Phi) is 4.57.